The summed E-state index contributed by atoms with van der Waals surface area (Å²) in [5.41, 5.74) is 2.44. The van der Waals surface area contributed by atoms with Crippen LogP contribution in [0.1, 0.15) is 18.1 Å². The normalized spacial score (nSPS) is 11.4. The van der Waals surface area contributed by atoms with E-state index < -0.39 is 5.97 Å². The van der Waals surface area contributed by atoms with E-state index in [2.05, 4.69) is 0 Å². The Bertz CT molecular complexity index is 334. The van der Waals surface area contributed by atoms with Gasteiger partial charge < -0.3 is 5.11 Å². The molecule has 0 atom stereocenters. The van der Waals surface area contributed by atoms with E-state index in [1.54, 1.807) is 13.0 Å². The van der Waals surface area contributed by atoms with Gasteiger partial charge in [0.2, 0.25) is 0 Å². The van der Waals surface area contributed by atoms with Crippen LogP contribution in [0, 0.1) is 6.92 Å². The lowest BCUT2D eigenvalue weighted by molar-refractivity contribution is -0.132. The largest absolute Gasteiger partial charge is 0.478 e. The summed E-state index contributed by atoms with van der Waals surface area (Å²) in [6.07, 6.45) is 1.65. The highest BCUT2D eigenvalue weighted by Crippen LogP contribution is 2.08. The average molecular weight is 176 g/mol. The number of carboxylic acid groups (broad SMARTS) is 1. The molecule has 1 aromatic carbocycles. The molecule has 1 aromatic rings. The SMILES string of the molecule is CC(=Cc1ccc(C)cc1)C(=O)O. The number of rotatable bonds is 2. The van der Waals surface area contributed by atoms with E-state index in [1.165, 1.54) is 5.56 Å². The van der Waals surface area contributed by atoms with Crippen molar-refractivity contribution < 1.29 is 9.90 Å². The average Bonchev–Trinajstić information content (AvgIpc) is 2.08. The van der Waals surface area contributed by atoms with E-state index in [9.17, 15) is 4.79 Å². The lowest BCUT2D eigenvalue weighted by Crippen LogP contribution is -1.95. The van der Waals surface area contributed by atoms with Gasteiger partial charge in [-0.2, -0.15) is 0 Å². The summed E-state index contributed by atoms with van der Waals surface area (Å²) in [4.78, 5) is 10.5. The van der Waals surface area contributed by atoms with Crippen molar-refractivity contribution in [2.24, 2.45) is 0 Å². The van der Waals surface area contributed by atoms with E-state index in [1.807, 2.05) is 31.2 Å². The molecule has 0 aliphatic carbocycles. The fourth-order valence-electron chi connectivity index (χ4n) is 0.974. The van der Waals surface area contributed by atoms with Crippen LogP contribution in [0.2, 0.25) is 0 Å². The van der Waals surface area contributed by atoms with Crippen LogP contribution in [0.15, 0.2) is 29.8 Å². The number of hydrogen-bond acceptors (Lipinski definition) is 1. The second kappa shape index (κ2) is 3.90. The van der Waals surface area contributed by atoms with Gasteiger partial charge in [0.1, 0.15) is 0 Å². The first kappa shape index (κ1) is 9.52. The third kappa shape index (κ3) is 2.75. The fraction of sp³-hybridized carbons (Fsp3) is 0.182. The smallest absolute Gasteiger partial charge is 0.331 e. The monoisotopic (exact) mass is 176 g/mol. The molecule has 0 amide bonds. The van der Waals surface area contributed by atoms with Gasteiger partial charge in [-0.3, -0.25) is 0 Å². The van der Waals surface area contributed by atoms with E-state index >= 15 is 0 Å². The summed E-state index contributed by atoms with van der Waals surface area (Å²) in [6.45, 7) is 3.58. The van der Waals surface area contributed by atoms with Crippen LogP contribution in [-0.2, 0) is 4.79 Å². The minimum Gasteiger partial charge on any atom is -0.478 e. The first-order chi connectivity index (χ1) is 6.09. The third-order valence-electron chi connectivity index (χ3n) is 1.80. The third-order valence-corrected chi connectivity index (χ3v) is 1.80. The van der Waals surface area contributed by atoms with Crippen molar-refractivity contribution in [3.05, 3.63) is 41.0 Å². The highest BCUT2D eigenvalue weighted by Gasteiger charge is 1.98. The van der Waals surface area contributed by atoms with Gasteiger partial charge in [0.05, 0.1) is 0 Å². The summed E-state index contributed by atoms with van der Waals surface area (Å²) in [5, 5.41) is 8.63. The number of carboxylic acids is 1. The Morgan fingerprint density at radius 1 is 1.31 bits per heavy atom. The molecule has 0 unspecified atom stereocenters. The van der Waals surface area contributed by atoms with Gasteiger partial charge in [-0.25, -0.2) is 4.79 Å². The van der Waals surface area contributed by atoms with Gasteiger partial charge in [-0.1, -0.05) is 29.8 Å². The molecule has 68 valence electrons. The molecule has 0 bridgehead atoms. The van der Waals surface area contributed by atoms with Gasteiger partial charge in [-0.15, -0.1) is 0 Å². The number of aliphatic carboxylic acids is 1. The van der Waals surface area contributed by atoms with Crippen molar-refractivity contribution in [2.75, 3.05) is 0 Å². The predicted molar refractivity (Wildman–Crippen MR) is 52.5 cm³/mol. The second-order valence-corrected chi connectivity index (χ2v) is 3.04. The minimum absolute atomic E-state index is 0.351. The van der Waals surface area contributed by atoms with E-state index in [0.717, 1.165) is 5.56 Å². The van der Waals surface area contributed by atoms with Crippen molar-refractivity contribution >= 4 is 12.0 Å². The summed E-state index contributed by atoms with van der Waals surface area (Å²) < 4.78 is 0. The molecule has 0 radical (unpaired) electrons. The first-order valence-corrected chi connectivity index (χ1v) is 4.08. The second-order valence-electron chi connectivity index (χ2n) is 3.04. The summed E-state index contributed by atoms with van der Waals surface area (Å²) in [6, 6.07) is 7.73. The molecule has 2 nitrogen and oxygen atoms in total. The highest BCUT2D eigenvalue weighted by molar-refractivity contribution is 5.91. The van der Waals surface area contributed by atoms with E-state index in [-0.39, 0.29) is 0 Å². The van der Waals surface area contributed by atoms with Crippen molar-refractivity contribution in [1.82, 2.24) is 0 Å². The molecule has 0 spiro atoms. The molecule has 2 heteroatoms. The molecule has 0 heterocycles. The summed E-state index contributed by atoms with van der Waals surface area (Å²) >= 11 is 0. The Morgan fingerprint density at radius 2 is 1.85 bits per heavy atom. The highest BCUT2D eigenvalue weighted by atomic mass is 16.4. The molecule has 0 fully saturated rings. The summed E-state index contributed by atoms with van der Waals surface area (Å²) in [5.74, 6) is -0.874. The molecular weight excluding hydrogens is 164 g/mol. The lowest BCUT2D eigenvalue weighted by Gasteiger charge is -1.96. The Balaban J connectivity index is 2.92. The molecule has 0 saturated heterocycles. The van der Waals surface area contributed by atoms with Gasteiger partial charge in [0.25, 0.3) is 0 Å². The number of aryl methyl sites for hydroxylation is 1. The molecule has 0 aromatic heterocycles. The van der Waals surface area contributed by atoms with E-state index in [0.29, 0.717) is 5.57 Å². The summed E-state index contributed by atoms with van der Waals surface area (Å²) in [7, 11) is 0. The maximum absolute atomic E-state index is 10.5. The van der Waals surface area contributed by atoms with Crippen molar-refractivity contribution in [3.8, 4) is 0 Å². The minimum atomic E-state index is -0.874. The van der Waals surface area contributed by atoms with Crippen LogP contribution in [0.5, 0.6) is 0 Å². The predicted octanol–water partition coefficient (Wildman–Crippen LogP) is 2.48. The molecule has 1 rings (SSSR count). The Hall–Kier alpha value is -1.57. The quantitative estimate of drug-likeness (QED) is 0.703. The molecule has 1 N–H and O–H groups in total. The van der Waals surface area contributed by atoms with Crippen LogP contribution in [0.3, 0.4) is 0 Å². The fourth-order valence-corrected chi connectivity index (χ4v) is 0.974. The van der Waals surface area contributed by atoms with Gasteiger partial charge >= 0.3 is 5.97 Å². The lowest BCUT2D eigenvalue weighted by atomic mass is 10.1. The van der Waals surface area contributed by atoms with Crippen LogP contribution in [0.4, 0.5) is 0 Å². The van der Waals surface area contributed by atoms with Gasteiger partial charge in [0.15, 0.2) is 0 Å². The zero-order valence-electron chi connectivity index (χ0n) is 7.74. The maximum atomic E-state index is 10.5. The van der Waals surface area contributed by atoms with Crippen LogP contribution < -0.4 is 0 Å². The first-order valence-electron chi connectivity index (χ1n) is 4.08. The maximum Gasteiger partial charge on any atom is 0.331 e. The Labute approximate surface area is 77.5 Å². The van der Waals surface area contributed by atoms with E-state index in [4.69, 9.17) is 5.11 Å². The zero-order chi connectivity index (χ0) is 9.84. The van der Waals surface area contributed by atoms with Crippen molar-refractivity contribution in [1.29, 1.82) is 0 Å². The number of carbonyl (C=O) groups is 1. The van der Waals surface area contributed by atoms with Crippen LogP contribution in [-0.4, -0.2) is 11.1 Å². The van der Waals surface area contributed by atoms with Crippen molar-refractivity contribution in [2.45, 2.75) is 13.8 Å². The Kier molecular flexibility index (Phi) is 2.85. The molecule has 0 aliphatic rings. The van der Waals surface area contributed by atoms with Crippen LogP contribution >= 0.6 is 0 Å². The van der Waals surface area contributed by atoms with Crippen LogP contribution in [0.25, 0.3) is 6.08 Å². The van der Waals surface area contributed by atoms with Gasteiger partial charge in [0, 0.05) is 5.57 Å². The molecule has 0 aliphatic heterocycles. The van der Waals surface area contributed by atoms with Gasteiger partial charge in [-0.05, 0) is 25.5 Å². The number of hydrogen-bond donors (Lipinski definition) is 1. The number of benzene rings is 1. The topological polar surface area (TPSA) is 37.3 Å². The Morgan fingerprint density at radius 3 is 2.31 bits per heavy atom. The molecular formula is C11H12O2. The zero-order valence-corrected chi connectivity index (χ0v) is 7.74. The standard InChI is InChI=1S/C11H12O2/c1-8-3-5-10(6-4-8)7-9(2)11(12)13/h3-7H,1-2H3,(H,12,13). The molecule has 0 saturated carbocycles. The molecule has 13 heavy (non-hydrogen) atoms. The van der Waals surface area contributed by atoms with Crippen molar-refractivity contribution in [3.63, 3.8) is 0 Å².